The molecule has 0 atom stereocenters. The van der Waals surface area contributed by atoms with Crippen LogP contribution in [0.15, 0.2) is 48.8 Å². The van der Waals surface area contributed by atoms with Crippen molar-refractivity contribution in [3.05, 3.63) is 65.5 Å². The number of carbonyl (C=O) groups excluding carboxylic acids is 2. The number of imide groups is 1. The summed E-state index contributed by atoms with van der Waals surface area (Å²) in [7, 11) is 0. The Bertz CT molecular complexity index is 666. The van der Waals surface area contributed by atoms with E-state index in [9.17, 15) is 9.59 Å². The predicted octanol–water partition coefficient (Wildman–Crippen LogP) is 2.09. The van der Waals surface area contributed by atoms with E-state index in [1.54, 1.807) is 24.3 Å². The van der Waals surface area contributed by atoms with Crippen molar-refractivity contribution in [3.8, 4) is 0 Å². The van der Waals surface area contributed by atoms with Crippen LogP contribution in [-0.4, -0.2) is 23.5 Å². The van der Waals surface area contributed by atoms with E-state index in [2.05, 4.69) is 0 Å². The van der Waals surface area contributed by atoms with Gasteiger partial charge in [0.15, 0.2) is 18.9 Å². The summed E-state index contributed by atoms with van der Waals surface area (Å²) in [6.07, 6.45) is 3.86. The third-order valence-corrected chi connectivity index (χ3v) is 3.38. The number of amides is 2. The van der Waals surface area contributed by atoms with Crippen LogP contribution in [0.2, 0.25) is 0 Å². The van der Waals surface area contributed by atoms with Crippen molar-refractivity contribution in [2.24, 2.45) is 0 Å². The van der Waals surface area contributed by atoms with Crippen molar-refractivity contribution >= 4 is 28.8 Å². The fourth-order valence-corrected chi connectivity index (χ4v) is 2.20. The number of benzene rings is 1. The van der Waals surface area contributed by atoms with Gasteiger partial charge < -0.3 is 0 Å². The Morgan fingerprint density at radius 1 is 1.00 bits per heavy atom. The zero-order valence-corrected chi connectivity index (χ0v) is 13.8. The van der Waals surface area contributed by atoms with Gasteiger partial charge in [-0.05, 0) is 24.6 Å². The maximum atomic E-state index is 12.1. The molecule has 1 aromatic heterocycles. The zero-order chi connectivity index (χ0) is 14.8. The Balaban J connectivity index is 0.00000176. The van der Waals surface area contributed by atoms with Crippen molar-refractivity contribution in [3.63, 3.8) is 0 Å². The second kappa shape index (κ2) is 6.81. The number of aryl methyl sites for hydroxylation is 1. The lowest BCUT2D eigenvalue weighted by molar-refractivity contribution is -0.699. The minimum absolute atomic E-state index is 0. The van der Waals surface area contributed by atoms with Crippen LogP contribution in [-0.2, 0) is 11.4 Å². The summed E-state index contributed by atoms with van der Waals surface area (Å²) < 4.78 is 1.94. The molecule has 1 aliphatic heterocycles. The lowest BCUT2D eigenvalue weighted by Crippen LogP contribution is -2.38. The van der Waals surface area contributed by atoms with Gasteiger partial charge in [-0.2, -0.15) is 0 Å². The Labute approximate surface area is 138 Å². The highest BCUT2D eigenvalue weighted by molar-refractivity contribution is 8.93. The molecule has 1 aliphatic rings. The van der Waals surface area contributed by atoms with Gasteiger partial charge in [-0.1, -0.05) is 12.1 Å². The molecule has 0 spiro atoms. The van der Waals surface area contributed by atoms with E-state index in [0.717, 1.165) is 5.06 Å². The van der Waals surface area contributed by atoms with Crippen LogP contribution in [0.3, 0.4) is 0 Å². The second-order valence-corrected chi connectivity index (χ2v) is 4.90. The van der Waals surface area contributed by atoms with E-state index in [1.807, 2.05) is 36.0 Å². The lowest BCUT2D eigenvalue weighted by atomic mass is 10.1. The maximum Gasteiger partial charge on any atom is 0.285 e. The van der Waals surface area contributed by atoms with Crippen LogP contribution in [0.4, 0.5) is 0 Å². The number of fused-ring (bicyclic) bond motifs is 1. The molecule has 0 bridgehead atoms. The lowest BCUT2D eigenvalue weighted by Gasteiger charge is -2.11. The van der Waals surface area contributed by atoms with Gasteiger partial charge in [-0.15, -0.1) is 22.0 Å². The number of halogens is 1. The molecule has 0 fully saturated rings. The predicted molar refractivity (Wildman–Crippen MR) is 84.6 cm³/mol. The van der Waals surface area contributed by atoms with Gasteiger partial charge in [0.05, 0.1) is 11.1 Å². The van der Waals surface area contributed by atoms with Crippen LogP contribution in [0.25, 0.3) is 0 Å². The zero-order valence-electron chi connectivity index (χ0n) is 12.1. The highest BCUT2D eigenvalue weighted by atomic mass is 79.9. The number of aromatic nitrogens is 1. The van der Waals surface area contributed by atoms with Crippen LogP contribution < -0.4 is 4.57 Å². The highest BCUT2D eigenvalue weighted by Crippen LogP contribution is 2.22. The summed E-state index contributed by atoms with van der Waals surface area (Å²) in [6, 6.07) is 10.7. The number of hydrogen-bond donors (Lipinski definition) is 0. The molecule has 114 valence electrons. The SMILES string of the molecule is Br.Cc1cc[n+](CCON2C(=O)c3ccccc3C2=O)cc1. The summed E-state index contributed by atoms with van der Waals surface area (Å²) in [5, 5.41) is 0.847. The molecular weight excluding hydrogens is 348 g/mol. The van der Waals surface area contributed by atoms with E-state index in [4.69, 9.17) is 4.84 Å². The molecule has 2 heterocycles. The second-order valence-electron chi connectivity index (χ2n) is 4.90. The first kappa shape index (κ1) is 16.3. The molecule has 3 rings (SSSR count). The normalized spacial score (nSPS) is 13.0. The van der Waals surface area contributed by atoms with Gasteiger partial charge in [-0.3, -0.25) is 14.4 Å². The molecule has 0 aliphatic carbocycles. The number of carbonyl (C=O) groups is 2. The summed E-state index contributed by atoms with van der Waals surface area (Å²) in [6.45, 7) is 2.83. The summed E-state index contributed by atoms with van der Waals surface area (Å²) in [4.78, 5) is 29.5. The van der Waals surface area contributed by atoms with Crippen LogP contribution >= 0.6 is 17.0 Å². The first-order chi connectivity index (χ1) is 10.2. The van der Waals surface area contributed by atoms with Crippen molar-refractivity contribution in [1.29, 1.82) is 0 Å². The molecule has 22 heavy (non-hydrogen) atoms. The fraction of sp³-hybridized carbons (Fsp3) is 0.188. The number of hydrogen-bond acceptors (Lipinski definition) is 3. The Hall–Kier alpha value is -2.05. The average molecular weight is 364 g/mol. The molecule has 0 saturated carbocycles. The monoisotopic (exact) mass is 363 g/mol. The fourth-order valence-electron chi connectivity index (χ4n) is 2.20. The van der Waals surface area contributed by atoms with E-state index in [1.165, 1.54) is 5.56 Å². The van der Waals surface area contributed by atoms with Gasteiger partial charge >= 0.3 is 0 Å². The molecule has 0 N–H and O–H groups in total. The summed E-state index contributed by atoms with van der Waals surface area (Å²) in [5.74, 6) is -0.797. The molecule has 5 nitrogen and oxygen atoms in total. The van der Waals surface area contributed by atoms with Gasteiger partial charge in [0.1, 0.15) is 6.61 Å². The van der Waals surface area contributed by atoms with Crippen molar-refractivity contribution in [2.75, 3.05) is 6.61 Å². The molecule has 1 aromatic carbocycles. The van der Waals surface area contributed by atoms with Gasteiger partial charge in [0, 0.05) is 12.1 Å². The van der Waals surface area contributed by atoms with Gasteiger partial charge in [0.25, 0.3) is 11.8 Å². The molecule has 2 amide bonds. The van der Waals surface area contributed by atoms with E-state index in [-0.39, 0.29) is 23.6 Å². The largest absolute Gasteiger partial charge is 0.285 e. The van der Waals surface area contributed by atoms with E-state index >= 15 is 0 Å². The van der Waals surface area contributed by atoms with Crippen LogP contribution in [0.5, 0.6) is 0 Å². The van der Waals surface area contributed by atoms with Crippen molar-refractivity contribution < 1.29 is 19.0 Å². The molecule has 0 radical (unpaired) electrons. The number of nitrogens with zero attached hydrogens (tertiary/aromatic N) is 2. The average Bonchev–Trinajstić information content (AvgIpc) is 2.75. The molecular formula is C16H16BrN2O3+. The first-order valence-electron chi connectivity index (χ1n) is 6.73. The molecule has 6 heteroatoms. The Kier molecular flexibility index (Phi) is 5.05. The Morgan fingerprint density at radius 2 is 1.55 bits per heavy atom. The van der Waals surface area contributed by atoms with Gasteiger partial charge in [-0.25, -0.2) is 4.57 Å². The summed E-state index contributed by atoms with van der Waals surface area (Å²) in [5.41, 5.74) is 1.96. The van der Waals surface area contributed by atoms with Crippen LogP contribution in [0.1, 0.15) is 26.3 Å². The van der Waals surface area contributed by atoms with E-state index in [0.29, 0.717) is 17.7 Å². The minimum Gasteiger partial charge on any atom is -0.266 e. The Morgan fingerprint density at radius 3 is 2.09 bits per heavy atom. The van der Waals surface area contributed by atoms with Gasteiger partial charge in [0.2, 0.25) is 0 Å². The van der Waals surface area contributed by atoms with E-state index < -0.39 is 11.8 Å². The van der Waals surface area contributed by atoms with Crippen molar-refractivity contribution in [1.82, 2.24) is 5.06 Å². The highest BCUT2D eigenvalue weighted by Gasteiger charge is 2.36. The third kappa shape index (κ3) is 3.08. The van der Waals surface area contributed by atoms with Crippen LogP contribution in [0, 0.1) is 6.92 Å². The number of hydroxylamine groups is 2. The minimum atomic E-state index is -0.399. The topological polar surface area (TPSA) is 50.5 Å². The smallest absolute Gasteiger partial charge is 0.266 e. The molecule has 2 aromatic rings. The number of pyridine rings is 1. The maximum absolute atomic E-state index is 12.1. The van der Waals surface area contributed by atoms with Crippen molar-refractivity contribution in [2.45, 2.75) is 13.5 Å². The first-order valence-corrected chi connectivity index (χ1v) is 6.73. The molecule has 0 saturated heterocycles. The molecule has 0 unspecified atom stereocenters. The third-order valence-electron chi connectivity index (χ3n) is 3.38. The quantitative estimate of drug-likeness (QED) is 0.617. The number of rotatable bonds is 4. The summed E-state index contributed by atoms with van der Waals surface area (Å²) >= 11 is 0. The standard InChI is InChI=1S/C16H15N2O3.BrH/c1-12-6-8-17(9-7-12)10-11-21-18-15(19)13-4-2-3-5-14(13)16(18)20;/h2-9H,10-11H2,1H3;1H/q+1;.